The number of nitriles is 6. The molecule has 0 amide bonds. The van der Waals surface area contributed by atoms with Gasteiger partial charge in [-0.15, -0.1) is 0 Å². The van der Waals surface area contributed by atoms with Crippen LogP contribution in [0.2, 0.25) is 50.2 Å². The van der Waals surface area contributed by atoms with E-state index in [1.165, 1.54) is 107 Å². The first kappa shape index (κ1) is 92.2. The summed E-state index contributed by atoms with van der Waals surface area (Å²) in [6.07, 6.45) is 1.60. The van der Waals surface area contributed by atoms with Crippen molar-refractivity contribution >= 4 is 163 Å². The van der Waals surface area contributed by atoms with Gasteiger partial charge in [0.1, 0.15) is 66.9 Å². The number of phenols is 1. The van der Waals surface area contributed by atoms with Crippen LogP contribution in [0.25, 0.3) is 0 Å². The zero-order valence-electron chi connectivity index (χ0n) is 54.6. The lowest BCUT2D eigenvalue weighted by atomic mass is 10.0. The van der Waals surface area contributed by atoms with Crippen molar-refractivity contribution in [2.75, 3.05) is 18.8 Å². The predicted molar refractivity (Wildman–Crippen MR) is 426 cm³/mol. The summed E-state index contributed by atoms with van der Waals surface area (Å²) < 4.78 is 73.2. The topological polar surface area (TPSA) is 384 Å². The van der Waals surface area contributed by atoms with E-state index in [-0.39, 0.29) is 119 Å². The van der Waals surface area contributed by atoms with Crippen molar-refractivity contribution in [2.24, 2.45) is 5.92 Å². The molecule has 0 radical (unpaired) electrons. The summed E-state index contributed by atoms with van der Waals surface area (Å²) in [4.78, 5) is 19.7. The average Bonchev–Trinajstić information content (AvgIpc) is 0.779. The van der Waals surface area contributed by atoms with Crippen LogP contribution >= 0.6 is 127 Å². The van der Waals surface area contributed by atoms with Gasteiger partial charge in [-0.1, -0.05) is 138 Å². The molecule has 10 aromatic rings. The molecular weight excluding hydrogens is 1690 g/mol. The van der Waals surface area contributed by atoms with Crippen LogP contribution in [-0.4, -0.2) is 49.2 Å². The molecule has 1 aliphatic heterocycles. The number of phenolic OH excluding ortho intramolecular Hbond substituents is 1. The lowest BCUT2D eigenvalue weighted by Gasteiger charge is -2.30. The first-order valence-electron chi connectivity index (χ1n) is 29.9. The second kappa shape index (κ2) is 43.3. The van der Waals surface area contributed by atoms with E-state index in [0.29, 0.717) is 76.9 Å². The van der Waals surface area contributed by atoms with E-state index in [1.807, 2.05) is 30.3 Å². The minimum atomic E-state index is -4.09. The largest absolute Gasteiger partial charge is 0.507 e. The van der Waals surface area contributed by atoms with Gasteiger partial charge in [0.25, 0.3) is 14.7 Å². The summed E-state index contributed by atoms with van der Waals surface area (Å²) in [5.41, 5.74) is 7.07. The van der Waals surface area contributed by atoms with Crippen LogP contribution in [0.3, 0.4) is 0 Å². The number of hydrogen-bond donors (Lipinski definition) is 2. The van der Waals surface area contributed by atoms with Crippen LogP contribution in [0.4, 0.5) is 17.1 Å². The SMILES string of the molecule is C.C.CC1CCN(S(=O)(=O)c2cc(C#N)ccc2Oc2cc(Cl)ccc2Cl)CC1.N#Cc1ccc(Cl)c([N+](=O)[O-])c1.N#Cc1ccc(Cl)cc1O.N#Cc1ccc(Oc2cc(Cl)ccc2Cl)c(N)c1.N#Cc1ccc(Oc2cc(Cl)ccc2Cl)c(S(=O)(=O)Cl)c1.N#Cc1ccc(Oc2cc(Cl)ccc2Cl)c([N+](=O)[O-])c1. The Labute approximate surface area is 686 Å². The quantitative estimate of drug-likeness (QED) is 0.0468. The third-order valence-corrected chi connectivity index (χ3v) is 20.0. The van der Waals surface area contributed by atoms with E-state index in [2.05, 4.69) is 6.92 Å². The molecule has 0 saturated carbocycles. The molecule has 11 rings (SSSR count). The number of benzene rings is 10. The number of rotatable bonds is 13. The van der Waals surface area contributed by atoms with Gasteiger partial charge in [-0.2, -0.15) is 35.9 Å². The van der Waals surface area contributed by atoms with E-state index >= 15 is 0 Å². The first-order chi connectivity index (χ1) is 51.1. The Morgan fingerprint density at radius 2 is 0.736 bits per heavy atom. The second-order valence-electron chi connectivity index (χ2n) is 21.5. The maximum absolute atomic E-state index is 13.2. The van der Waals surface area contributed by atoms with Gasteiger partial charge in [-0.3, -0.25) is 20.2 Å². The van der Waals surface area contributed by atoms with Crippen molar-refractivity contribution in [1.29, 1.82) is 31.6 Å². The van der Waals surface area contributed by atoms with Crippen molar-refractivity contribution in [2.45, 2.75) is 44.4 Å². The normalized spacial score (nSPS) is 11.2. The Balaban J connectivity index is 0.000000285. The van der Waals surface area contributed by atoms with Crippen LogP contribution in [0.1, 0.15) is 68.0 Å². The smallest absolute Gasteiger partial charge is 0.312 e. The number of nitro benzene ring substituents is 2. The number of ether oxygens (including phenoxy) is 4. The Morgan fingerprint density at radius 3 is 1.12 bits per heavy atom. The van der Waals surface area contributed by atoms with Crippen LogP contribution in [0.15, 0.2) is 192 Å². The number of nitrogen functional groups attached to an aromatic ring is 1. The maximum Gasteiger partial charge on any atom is 0.312 e. The second-order valence-corrected chi connectivity index (χ2v) is 30.2. The van der Waals surface area contributed by atoms with Crippen LogP contribution in [0.5, 0.6) is 51.7 Å². The molecule has 0 bridgehead atoms. The highest BCUT2D eigenvalue weighted by atomic mass is 35.7. The van der Waals surface area contributed by atoms with Crippen molar-refractivity contribution < 1.29 is 50.7 Å². The summed E-state index contributed by atoms with van der Waals surface area (Å²) in [7, 11) is -2.55. The monoisotopic (exact) mass is 1740 g/mol. The highest BCUT2D eigenvalue weighted by molar-refractivity contribution is 8.13. The lowest BCUT2D eigenvalue weighted by molar-refractivity contribution is -0.385. The predicted octanol–water partition coefficient (Wildman–Crippen LogP) is 23.8. The van der Waals surface area contributed by atoms with E-state index in [1.54, 1.807) is 66.7 Å². The Bertz CT molecular complexity index is 5570. The molecule has 0 spiro atoms. The van der Waals surface area contributed by atoms with Gasteiger partial charge in [0.05, 0.1) is 99.4 Å². The van der Waals surface area contributed by atoms with Crippen molar-refractivity contribution in [1.82, 2.24) is 4.31 Å². The fourth-order valence-corrected chi connectivity index (χ4v) is 12.8. The Hall–Kier alpha value is -10.2. The molecule has 1 saturated heterocycles. The highest BCUT2D eigenvalue weighted by Gasteiger charge is 2.32. The molecule has 1 aliphatic rings. The molecule has 1 heterocycles. The standard InChI is InChI=1S/C19H18Cl2N2O3S.C13H6Cl3NO3S.C13H6Cl2N2O3.C13H8Cl2N2O.C7H3ClN2O2.C7H4ClNO.2CH4/c1-13-6-8-23(9-7-13)27(24,25)19-10-14(12-22)2-5-17(19)26-18-11-15(20)3-4-16(18)21;14-9-2-3-10(15)12(6-9)20-11-4-1-8(7-17)5-13(11)21(16,18)19;14-9-2-3-10(15)13(6-9)20-12-4-1-8(7-16)5-11(12)17(18)19;14-9-2-3-10(15)13(6-9)18-12-4-1-8(7-16)5-11(12)17;8-6-2-1-5(4-9)3-7(6)10(11)12;8-6-2-1-5(4-9)7(10)3-6;;/h2-5,10-11,13H,6-9H2,1H3;1-6H;1-6H;1-6H,17H2;1-3H;1-3,10H;2*1H4. The van der Waals surface area contributed by atoms with E-state index < -0.39 is 28.9 Å². The summed E-state index contributed by atoms with van der Waals surface area (Å²) in [6.45, 7) is 2.99. The fourth-order valence-electron chi connectivity index (χ4n) is 8.62. The van der Waals surface area contributed by atoms with Crippen molar-refractivity contribution in [3.05, 3.63) is 286 Å². The molecule has 110 heavy (non-hydrogen) atoms. The Kier molecular flexibility index (Phi) is 36.2. The van der Waals surface area contributed by atoms with Gasteiger partial charge in [-0.05, 0) is 164 Å². The molecule has 23 nitrogen and oxygen atoms in total. The molecule has 3 N–H and O–H groups in total. The van der Waals surface area contributed by atoms with Crippen molar-refractivity contribution in [3.63, 3.8) is 0 Å². The zero-order chi connectivity index (χ0) is 79.7. The molecule has 0 aliphatic carbocycles. The van der Waals surface area contributed by atoms with Gasteiger partial charge in [0, 0.05) is 85.3 Å². The van der Waals surface area contributed by atoms with E-state index in [0.717, 1.165) is 31.0 Å². The molecule has 566 valence electrons. The van der Waals surface area contributed by atoms with E-state index in [9.17, 15) is 42.3 Å². The van der Waals surface area contributed by atoms with Crippen LogP contribution in [-0.2, 0) is 19.1 Å². The van der Waals surface area contributed by atoms with Gasteiger partial charge in [-0.25, -0.2) is 16.8 Å². The third-order valence-electron chi connectivity index (χ3n) is 14.0. The minimum Gasteiger partial charge on any atom is -0.507 e. The molecule has 0 unspecified atom stereocenters. The van der Waals surface area contributed by atoms with E-state index in [4.69, 9.17) is 183 Å². The lowest BCUT2D eigenvalue weighted by Crippen LogP contribution is -2.38. The fraction of sp³-hybridized carbons (Fsp3) is 0.108. The third kappa shape index (κ3) is 27.1. The summed E-state index contributed by atoms with van der Waals surface area (Å²) in [5.74, 6) is 1.93. The maximum atomic E-state index is 13.2. The van der Waals surface area contributed by atoms with Gasteiger partial charge >= 0.3 is 5.69 Å². The number of hydrogen-bond acceptors (Lipinski definition) is 20. The molecule has 1 fully saturated rings. The van der Waals surface area contributed by atoms with Gasteiger partial charge in [0.15, 0.2) is 0 Å². The Morgan fingerprint density at radius 1 is 0.418 bits per heavy atom. The number of halogens is 11. The van der Waals surface area contributed by atoms with Gasteiger partial charge in [0.2, 0.25) is 15.8 Å². The average molecular weight is 1740 g/mol. The summed E-state index contributed by atoms with van der Waals surface area (Å²) in [5, 5.41) is 86.0. The number of nitro groups is 2. The molecule has 0 atom stereocenters. The van der Waals surface area contributed by atoms with Crippen LogP contribution in [0, 0.1) is 94.1 Å². The minimum absolute atomic E-state index is 0. The molecule has 36 heteroatoms. The number of piperidine rings is 1. The first-order valence-corrected chi connectivity index (χ1v) is 37.4. The number of nitrogens with two attached hydrogens (primary N) is 1. The molecule has 0 aromatic heterocycles. The van der Waals surface area contributed by atoms with Crippen LogP contribution < -0.4 is 24.7 Å². The zero-order valence-corrected chi connectivity index (χ0v) is 64.6. The number of anilines is 1. The number of sulfonamides is 1. The highest BCUT2D eigenvalue weighted by Crippen LogP contribution is 2.41. The molecule has 10 aromatic carbocycles. The number of aromatic hydroxyl groups is 1. The molecular formula is C74H53Cl11N10O13S2. The van der Waals surface area contributed by atoms with Crippen molar-refractivity contribution in [3.8, 4) is 88.2 Å². The summed E-state index contributed by atoms with van der Waals surface area (Å²) in [6, 6.07) is 55.0. The van der Waals surface area contributed by atoms with Gasteiger partial charge < -0.3 is 29.8 Å². The number of nitrogens with zero attached hydrogens (tertiary/aromatic N) is 9. The summed E-state index contributed by atoms with van der Waals surface area (Å²) >= 11 is 58.5.